The fourth-order valence-corrected chi connectivity index (χ4v) is 2.78. The van der Waals surface area contributed by atoms with E-state index in [4.69, 9.17) is 9.72 Å². The predicted molar refractivity (Wildman–Crippen MR) is 81.5 cm³/mol. The first-order valence-corrected chi connectivity index (χ1v) is 7.60. The van der Waals surface area contributed by atoms with Gasteiger partial charge in [-0.25, -0.2) is 4.98 Å². The van der Waals surface area contributed by atoms with Crippen LogP contribution in [0.1, 0.15) is 18.2 Å². The third-order valence-electron chi connectivity index (χ3n) is 4.02. The number of aromatic nitrogens is 9. The molecule has 10 nitrogen and oxygen atoms in total. The number of H-pyrrole nitrogens is 1. The van der Waals surface area contributed by atoms with Gasteiger partial charge in [0.2, 0.25) is 0 Å². The molecule has 5 heterocycles. The third-order valence-corrected chi connectivity index (χ3v) is 4.02. The Kier molecular flexibility index (Phi) is 2.88. The Morgan fingerprint density at radius 2 is 2.21 bits per heavy atom. The van der Waals surface area contributed by atoms with Crippen LogP contribution >= 0.6 is 0 Å². The summed E-state index contributed by atoms with van der Waals surface area (Å²) in [6, 6.07) is 5.53. The zero-order valence-corrected chi connectivity index (χ0v) is 12.6. The summed E-state index contributed by atoms with van der Waals surface area (Å²) in [5, 5.41) is 23.9. The lowest BCUT2D eigenvalue weighted by Gasteiger charge is -2.03. The molecule has 4 aromatic rings. The Hall–Kier alpha value is -3.14. The van der Waals surface area contributed by atoms with Crippen LogP contribution in [0.2, 0.25) is 0 Å². The van der Waals surface area contributed by atoms with E-state index >= 15 is 0 Å². The summed E-state index contributed by atoms with van der Waals surface area (Å²) < 4.78 is 8.77. The number of hydrogen-bond acceptors (Lipinski definition) is 7. The van der Waals surface area contributed by atoms with E-state index in [2.05, 4.69) is 30.6 Å². The van der Waals surface area contributed by atoms with Gasteiger partial charge in [0, 0.05) is 18.7 Å². The van der Waals surface area contributed by atoms with Crippen molar-refractivity contribution in [2.45, 2.75) is 12.3 Å². The summed E-state index contributed by atoms with van der Waals surface area (Å²) in [6.07, 6.45) is 4.16. The van der Waals surface area contributed by atoms with Gasteiger partial charge in [-0.1, -0.05) is 0 Å². The van der Waals surface area contributed by atoms with Crippen molar-refractivity contribution in [3.63, 3.8) is 0 Å². The number of rotatable bonds is 3. The van der Waals surface area contributed by atoms with Crippen molar-refractivity contribution < 1.29 is 4.74 Å². The Balaban J connectivity index is 1.67. The van der Waals surface area contributed by atoms with Gasteiger partial charge >= 0.3 is 0 Å². The summed E-state index contributed by atoms with van der Waals surface area (Å²) >= 11 is 0. The third kappa shape index (κ3) is 2.07. The molecule has 10 heteroatoms. The summed E-state index contributed by atoms with van der Waals surface area (Å²) in [7, 11) is 0. The molecule has 4 aromatic heterocycles. The highest BCUT2D eigenvalue weighted by Gasteiger charge is 2.25. The average Bonchev–Trinajstić information content (AvgIpc) is 3.41. The van der Waals surface area contributed by atoms with E-state index in [-0.39, 0.29) is 5.92 Å². The van der Waals surface area contributed by atoms with Crippen LogP contribution in [-0.2, 0) is 4.74 Å². The lowest BCUT2D eigenvalue weighted by molar-refractivity contribution is 0.193. The topological polar surface area (TPSA) is 112 Å². The second-order valence-electron chi connectivity index (χ2n) is 5.56. The highest BCUT2D eigenvalue weighted by molar-refractivity contribution is 5.52. The molecular formula is C14H13N9O. The smallest absolute Gasteiger partial charge is 0.183 e. The Morgan fingerprint density at radius 1 is 1.21 bits per heavy atom. The lowest BCUT2D eigenvalue weighted by Crippen LogP contribution is -2.06. The molecule has 0 spiro atoms. The van der Waals surface area contributed by atoms with E-state index in [1.165, 1.54) is 0 Å². The van der Waals surface area contributed by atoms with Gasteiger partial charge in [-0.05, 0) is 24.6 Å². The first-order chi connectivity index (χ1) is 11.9. The van der Waals surface area contributed by atoms with E-state index in [9.17, 15) is 0 Å². The van der Waals surface area contributed by atoms with Gasteiger partial charge in [0.05, 0.1) is 6.61 Å². The lowest BCUT2D eigenvalue weighted by atomic mass is 10.1. The van der Waals surface area contributed by atoms with Gasteiger partial charge in [0.25, 0.3) is 0 Å². The number of nitrogens with zero attached hydrogens (tertiary/aromatic N) is 8. The van der Waals surface area contributed by atoms with Crippen molar-refractivity contribution in [1.29, 1.82) is 0 Å². The molecule has 0 aromatic carbocycles. The minimum Gasteiger partial charge on any atom is -0.381 e. The van der Waals surface area contributed by atoms with Gasteiger partial charge in [-0.15, -0.1) is 20.4 Å². The number of hydrogen-bond donors (Lipinski definition) is 1. The van der Waals surface area contributed by atoms with Crippen molar-refractivity contribution in [1.82, 2.24) is 44.8 Å². The van der Waals surface area contributed by atoms with Crippen LogP contribution in [-0.4, -0.2) is 58.0 Å². The van der Waals surface area contributed by atoms with Crippen LogP contribution in [0.3, 0.4) is 0 Å². The van der Waals surface area contributed by atoms with Gasteiger partial charge in [-0.3, -0.25) is 5.10 Å². The van der Waals surface area contributed by atoms with Crippen molar-refractivity contribution in [3.05, 3.63) is 36.5 Å². The Labute approximate surface area is 135 Å². The minimum atomic E-state index is 0.201. The van der Waals surface area contributed by atoms with Crippen LogP contribution in [0, 0.1) is 0 Å². The molecule has 1 unspecified atom stereocenters. The molecule has 1 aliphatic heterocycles. The van der Waals surface area contributed by atoms with Crippen LogP contribution in [0.25, 0.3) is 23.0 Å². The quantitative estimate of drug-likeness (QED) is 0.587. The largest absolute Gasteiger partial charge is 0.381 e. The highest BCUT2D eigenvalue weighted by Crippen LogP contribution is 2.26. The summed E-state index contributed by atoms with van der Waals surface area (Å²) in [5.41, 5.74) is 1.45. The predicted octanol–water partition coefficient (Wildman–Crippen LogP) is 0.599. The van der Waals surface area contributed by atoms with Crippen molar-refractivity contribution >= 4 is 5.65 Å². The van der Waals surface area contributed by atoms with Crippen molar-refractivity contribution in [3.8, 4) is 17.3 Å². The van der Waals surface area contributed by atoms with Gasteiger partial charge < -0.3 is 4.74 Å². The number of ether oxygens (including phenoxy) is 1. The van der Waals surface area contributed by atoms with Crippen molar-refractivity contribution in [2.75, 3.05) is 13.2 Å². The van der Waals surface area contributed by atoms with Crippen molar-refractivity contribution in [2.24, 2.45) is 0 Å². The summed E-state index contributed by atoms with van der Waals surface area (Å²) in [5.74, 6) is 2.24. The average molecular weight is 323 g/mol. The second-order valence-corrected chi connectivity index (χ2v) is 5.56. The van der Waals surface area contributed by atoms with Gasteiger partial charge in [0.1, 0.15) is 12.0 Å². The molecule has 24 heavy (non-hydrogen) atoms. The highest BCUT2D eigenvalue weighted by atomic mass is 16.5. The minimum absolute atomic E-state index is 0.201. The number of fused-ring (bicyclic) bond motifs is 1. The zero-order chi connectivity index (χ0) is 15.9. The maximum atomic E-state index is 5.46. The van der Waals surface area contributed by atoms with E-state index in [1.54, 1.807) is 21.7 Å². The fraction of sp³-hybridized carbons (Fsp3) is 0.286. The molecule has 0 radical (unpaired) electrons. The molecule has 1 saturated heterocycles. The van der Waals surface area contributed by atoms with Crippen LogP contribution in [0.4, 0.5) is 0 Å². The van der Waals surface area contributed by atoms with Gasteiger partial charge in [-0.2, -0.15) is 14.3 Å². The first-order valence-electron chi connectivity index (χ1n) is 7.60. The molecule has 1 aliphatic rings. The molecule has 0 aliphatic carbocycles. The monoisotopic (exact) mass is 323 g/mol. The second kappa shape index (κ2) is 5.20. The van der Waals surface area contributed by atoms with E-state index in [0.29, 0.717) is 23.9 Å². The molecule has 0 amide bonds. The standard InChI is InChI=1S/C14H13N9O/c1-2-12(20-22-8-16-19-11(1)22)23-14(10-3-5-15-18-10)17-13(21-23)9-4-6-24-7-9/h1-3,5,8-9H,4,6-7H2,(H,15,18). The maximum absolute atomic E-state index is 5.46. The van der Waals surface area contributed by atoms with E-state index in [1.807, 2.05) is 18.2 Å². The zero-order valence-electron chi connectivity index (χ0n) is 12.6. The molecule has 120 valence electrons. The summed E-state index contributed by atoms with van der Waals surface area (Å²) in [6.45, 7) is 1.38. The molecule has 0 saturated carbocycles. The molecule has 1 atom stereocenters. The Bertz CT molecular complexity index is 981. The maximum Gasteiger partial charge on any atom is 0.183 e. The fourth-order valence-electron chi connectivity index (χ4n) is 2.78. The van der Waals surface area contributed by atoms with Crippen LogP contribution in [0.5, 0.6) is 0 Å². The Morgan fingerprint density at radius 3 is 3.04 bits per heavy atom. The van der Waals surface area contributed by atoms with Crippen LogP contribution in [0.15, 0.2) is 30.7 Å². The summed E-state index contributed by atoms with van der Waals surface area (Å²) in [4.78, 5) is 4.70. The molecule has 5 rings (SSSR count). The molecule has 1 fully saturated rings. The van der Waals surface area contributed by atoms with E-state index in [0.717, 1.165) is 24.5 Å². The normalized spacial score (nSPS) is 17.8. The number of aromatic amines is 1. The van der Waals surface area contributed by atoms with Crippen LogP contribution < -0.4 is 0 Å². The SMILES string of the molecule is c1cc(-c2nc(C3CCOC3)nn2-c2ccc3nncn3n2)[nH]n1. The van der Waals surface area contributed by atoms with Gasteiger partial charge in [0.15, 0.2) is 23.1 Å². The first kappa shape index (κ1) is 13.3. The molecule has 0 bridgehead atoms. The van der Waals surface area contributed by atoms with E-state index < -0.39 is 0 Å². The number of nitrogens with one attached hydrogen (secondary N) is 1. The molecule has 1 N–H and O–H groups in total. The molecular weight excluding hydrogens is 310 g/mol.